The van der Waals surface area contributed by atoms with Crippen molar-refractivity contribution in [2.24, 2.45) is 0 Å². The van der Waals surface area contributed by atoms with Gasteiger partial charge in [0.2, 0.25) is 0 Å². The Balaban J connectivity index is -0.000000381. The molecule has 0 spiro atoms. The van der Waals surface area contributed by atoms with E-state index in [4.69, 9.17) is 0 Å². The molecule has 2 aromatic rings. The van der Waals surface area contributed by atoms with Gasteiger partial charge in [-0.15, -0.1) is 0 Å². The van der Waals surface area contributed by atoms with Gasteiger partial charge in [0.05, 0.1) is 0 Å². The number of hydrogen-bond acceptors (Lipinski definition) is 0. The van der Waals surface area contributed by atoms with Gasteiger partial charge >= 0.3 is 50.2 Å². The van der Waals surface area contributed by atoms with Crippen LogP contribution in [0.3, 0.4) is 0 Å². The number of rotatable bonds is 2. The number of hydrogen-bond donors (Lipinski definition) is 0. The van der Waals surface area contributed by atoms with E-state index < -0.39 is 29.0 Å². The summed E-state index contributed by atoms with van der Waals surface area (Å²) in [5.74, 6) is 0. The van der Waals surface area contributed by atoms with Crippen molar-refractivity contribution >= 4 is 29.0 Å². The standard InChI is InChI=1S/C12H10I.4BF4/c1-3-7-11(8-4-1)13-12-9-5-2-6-10-12;4*2-1(3,4)5/h1-10H;;;;/q+1;4*-1. The van der Waals surface area contributed by atoms with Crippen molar-refractivity contribution in [2.75, 3.05) is 0 Å². The van der Waals surface area contributed by atoms with Crippen molar-refractivity contribution in [3.05, 3.63) is 67.8 Å². The maximum absolute atomic E-state index is 9.75. The molecule has 0 bridgehead atoms. The van der Waals surface area contributed by atoms with Crippen LogP contribution in [0.15, 0.2) is 60.7 Å². The third kappa shape index (κ3) is 72.5. The predicted molar refractivity (Wildman–Crippen MR) is 91.0 cm³/mol. The molecular weight excluding hydrogens is 618 g/mol. The first kappa shape index (κ1) is 35.9. The van der Waals surface area contributed by atoms with E-state index in [9.17, 15) is 69.1 Å². The summed E-state index contributed by atoms with van der Waals surface area (Å²) in [6, 6.07) is 21.4. The molecule has 0 fully saturated rings. The van der Waals surface area contributed by atoms with E-state index in [-0.39, 0.29) is 21.2 Å². The Morgan fingerprint density at radius 1 is 0.333 bits per heavy atom. The second-order valence-electron chi connectivity index (χ2n) is 4.67. The Kier molecular flexibility index (Phi) is 18.3. The maximum atomic E-state index is 9.75. The number of halogens is 17. The molecule has 0 amide bonds. The SMILES string of the molecule is F[B-](F)(F)F.F[B-](F)(F)F.F[B-](F)(F)F.F[B-](F)(F)F.c1ccc([I+]c2ccccc2)cc1. The van der Waals surface area contributed by atoms with Gasteiger partial charge in [-0.2, -0.15) is 0 Å². The van der Waals surface area contributed by atoms with Gasteiger partial charge in [-0.3, -0.25) is 0 Å². The Morgan fingerprint density at radius 3 is 0.636 bits per heavy atom. The largest absolute Gasteiger partial charge is 0.673 e. The monoisotopic (exact) mass is 629 g/mol. The van der Waals surface area contributed by atoms with Crippen LogP contribution in [0.2, 0.25) is 0 Å². The van der Waals surface area contributed by atoms with Gasteiger partial charge < -0.3 is 69.1 Å². The van der Waals surface area contributed by atoms with Crippen molar-refractivity contribution in [3.8, 4) is 0 Å². The van der Waals surface area contributed by atoms with E-state index in [0.29, 0.717) is 0 Å². The molecule has 0 aliphatic heterocycles. The first-order valence-electron chi connectivity index (χ1n) is 7.69. The van der Waals surface area contributed by atoms with Gasteiger partial charge in [-0.25, -0.2) is 0 Å². The molecule has 0 atom stereocenters. The van der Waals surface area contributed by atoms with E-state index in [2.05, 4.69) is 60.7 Å². The van der Waals surface area contributed by atoms with Crippen LogP contribution in [0.5, 0.6) is 0 Å². The predicted octanol–water partition coefficient (Wildman–Crippen LogP) is 5.02. The van der Waals surface area contributed by atoms with Gasteiger partial charge in [0.15, 0.2) is 7.14 Å². The molecule has 0 saturated carbocycles. The Labute approximate surface area is 187 Å². The zero-order chi connectivity index (χ0) is 26.9. The van der Waals surface area contributed by atoms with Crippen LogP contribution in [0.4, 0.5) is 69.1 Å². The molecule has 0 aliphatic rings. The summed E-state index contributed by atoms with van der Waals surface area (Å²) in [5.41, 5.74) is 0. The van der Waals surface area contributed by atoms with Gasteiger partial charge in [-0.1, -0.05) is 36.4 Å². The van der Waals surface area contributed by atoms with E-state index in [1.807, 2.05) is 0 Å². The van der Waals surface area contributed by atoms with Crippen LogP contribution in [0, 0.1) is 7.14 Å². The summed E-state index contributed by atoms with van der Waals surface area (Å²) in [4.78, 5) is 0. The average molecular weight is 628 g/mol. The molecule has 0 unspecified atom stereocenters. The average Bonchev–Trinajstić information content (AvgIpc) is 2.50. The second-order valence-corrected chi connectivity index (χ2v) is 7.70. The molecule has 33 heavy (non-hydrogen) atoms. The van der Waals surface area contributed by atoms with E-state index >= 15 is 0 Å². The molecule has 192 valence electrons. The molecule has 0 aliphatic carbocycles. The van der Waals surface area contributed by atoms with Crippen LogP contribution >= 0.6 is 0 Å². The first-order chi connectivity index (χ1) is 14.4. The molecule has 0 N–H and O–H groups in total. The molecule has 21 heteroatoms. The van der Waals surface area contributed by atoms with Gasteiger partial charge in [0.25, 0.3) is 0 Å². The van der Waals surface area contributed by atoms with Crippen LogP contribution < -0.4 is 21.2 Å². The van der Waals surface area contributed by atoms with Crippen molar-refractivity contribution in [2.45, 2.75) is 0 Å². The molecule has 0 nitrogen and oxygen atoms in total. The fourth-order valence-electron chi connectivity index (χ4n) is 1.08. The highest BCUT2D eigenvalue weighted by Gasteiger charge is 2.22. The van der Waals surface area contributed by atoms with Gasteiger partial charge in [0.1, 0.15) is 0 Å². The van der Waals surface area contributed by atoms with Crippen LogP contribution in [0.25, 0.3) is 0 Å². The lowest BCUT2D eigenvalue weighted by atomic mass is 10.3. The molecule has 2 aromatic carbocycles. The van der Waals surface area contributed by atoms with Gasteiger partial charge in [-0.05, 0) is 24.3 Å². The van der Waals surface area contributed by atoms with Crippen molar-refractivity contribution < 1.29 is 90.3 Å². The fraction of sp³-hybridized carbons (Fsp3) is 0. The minimum absolute atomic E-state index is 0.0287. The zero-order valence-electron chi connectivity index (χ0n) is 15.5. The van der Waals surface area contributed by atoms with Crippen LogP contribution in [0.1, 0.15) is 0 Å². The minimum atomic E-state index is -6.00. The summed E-state index contributed by atoms with van der Waals surface area (Å²) < 4.78 is 159. The molecule has 0 radical (unpaired) electrons. The second kappa shape index (κ2) is 16.9. The van der Waals surface area contributed by atoms with E-state index in [0.717, 1.165) is 0 Å². The number of benzene rings is 2. The highest BCUT2D eigenvalue weighted by Crippen LogP contribution is 2.08. The smallest absolute Gasteiger partial charge is 0.418 e. The highest BCUT2D eigenvalue weighted by molar-refractivity contribution is 6.50. The Hall–Kier alpha value is -1.69. The Morgan fingerprint density at radius 2 is 0.485 bits per heavy atom. The lowest BCUT2D eigenvalue weighted by Gasteiger charge is -1.94. The molecule has 0 saturated heterocycles. The minimum Gasteiger partial charge on any atom is -0.418 e. The normalized spacial score (nSPS) is 11.2. The summed E-state index contributed by atoms with van der Waals surface area (Å²) >= 11 is 0.0287. The molecule has 0 aromatic heterocycles. The van der Waals surface area contributed by atoms with Crippen molar-refractivity contribution in [1.29, 1.82) is 0 Å². The third-order valence-electron chi connectivity index (χ3n) is 1.68. The molecule has 0 heterocycles. The summed E-state index contributed by atoms with van der Waals surface area (Å²) in [5, 5.41) is 0. The fourth-order valence-corrected chi connectivity index (χ4v) is 3.35. The molecular formula is C12H10B4F16I-3. The zero-order valence-corrected chi connectivity index (χ0v) is 17.7. The van der Waals surface area contributed by atoms with Crippen LogP contribution in [-0.4, -0.2) is 29.0 Å². The topological polar surface area (TPSA) is 0 Å². The van der Waals surface area contributed by atoms with Crippen molar-refractivity contribution in [1.82, 2.24) is 0 Å². The highest BCUT2D eigenvalue weighted by atomic mass is 127. The maximum Gasteiger partial charge on any atom is 0.673 e. The molecule has 2 rings (SSSR count). The lowest BCUT2D eigenvalue weighted by Crippen LogP contribution is -3.61. The third-order valence-corrected chi connectivity index (χ3v) is 4.37. The van der Waals surface area contributed by atoms with Crippen LogP contribution in [-0.2, 0) is 0 Å². The van der Waals surface area contributed by atoms with E-state index in [1.165, 1.54) is 7.14 Å². The first-order valence-corrected chi connectivity index (χ1v) is 9.85. The summed E-state index contributed by atoms with van der Waals surface area (Å²) in [6.45, 7) is 0. The van der Waals surface area contributed by atoms with E-state index in [1.54, 1.807) is 0 Å². The lowest BCUT2D eigenvalue weighted by molar-refractivity contribution is -0.597. The Bertz CT molecular complexity index is 592. The summed E-state index contributed by atoms with van der Waals surface area (Å²) in [7, 11) is -24.0. The quantitative estimate of drug-likeness (QED) is 0.249. The summed E-state index contributed by atoms with van der Waals surface area (Å²) in [6.07, 6.45) is 0. The van der Waals surface area contributed by atoms with Gasteiger partial charge in [0, 0.05) is 0 Å². The van der Waals surface area contributed by atoms with Crippen molar-refractivity contribution in [3.63, 3.8) is 0 Å².